The van der Waals surface area contributed by atoms with E-state index in [1.165, 1.54) is 0 Å². The van der Waals surface area contributed by atoms with Gasteiger partial charge in [-0.05, 0) is 12.8 Å². The fourth-order valence-electron chi connectivity index (χ4n) is 1.55. The number of aliphatic carboxylic acids is 1. The van der Waals surface area contributed by atoms with E-state index in [0.29, 0.717) is 13.2 Å². The molecule has 0 aromatic carbocycles. The van der Waals surface area contributed by atoms with E-state index in [0.717, 1.165) is 12.8 Å². The van der Waals surface area contributed by atoms with Gasteiger partial charge in [0.25, 0.3) is 0 Å². The van der Waals surface area contributed by atoms with E-state index < -0.39 is 11.4 Å². The van der Waals surface area contributed by atoms with E-state index in [2.05, 4.69) is 0 Å². The van der Waals surface area contributed by atoms with Gasteiger partial charge >= 0.3 is 5.97 Å². The Kier molecular flexibility index (Phi) is 3.05. The molecule has 4 nitrogen and oxygen atoms in total. The van der Waals surface area contributed by atoms with Gasteiger partial charge in [-0.15, -0.1) is 0 Å². The third-order valence-electron chi connectivity index (χ3n) is 2.27. The number of hydrogen-bond acceptors (Lipinski definition) is 3. The van der Waals surface area contributed by atoms with Crippen molar-refractivity contribution in [2.45, 2.75) is 19.3 Å². The molecular weight excluding hydrogens is 160 g/mol. The van der Waals surface area contributed by atoms with Gasteiger partial charge in [-0.25, -0.2) is 0 Å². The van der Waals surface area contributed by atoms with Gasteiger partial charge in [0, 0.05) is 12.0 Å². The van der Waals surface area contributed by atoms with Crippen LogP contribution in [0.4, 0.5) is 0 Å². The van der Waals surface area contributed by atoms with Crippen LogP contribution in [0.1, 0.15) is 19.3 Å². The van der Waals surface area contributed by atoms with Crippen LogP contribution in [0.25, 0.3) is 0 Å². The highest BCUT2D eigenvalue weighted by atomic mass is 16.5. The van der Waals surface area contributed by atoms with Crippen LogP contribution in [-0.2, 0) is 9.53 Å². The smallest absolute Gasteiger partial charge is 0.304 e. The SMILES string of the molecule is O=C(O)CC1(CO)CCCOC1. The number of ether oxygens (including phenoxy) is 1. The number of carboxylic acids is 1. The summed E-state index contributed by atoms with van der Waals surface area (Å²) in [7, 11) is 0. The van der Waals surface area contributed by atoms with Crippen molar-refractivity contribution in [2.24, 2.45) is 5.41 Å². The van der Waals surface area contributed by atoms with Crippen LogP contribution >= 0.6 is 0 Å². The number of hydrogen-bond donors (Lipinski definition) is 2. The van der Waals surface area contributed by atoms with Gasteiger partial charge in [-0.1, -0.05) is 0 Å². The zero-order chi connectivity index (χ0) is 9.03. The minimum atomic E-state index is -0.866. The second-order valence-electron chi connectivity index (χ2n) is 3.38. The van der Waals surface area contributed by atoms with Crippen molar-refractivity contribution in [2.75, 3.05) is 19.8 Å². The van der Waals surface area contributed by atoms with Gasteiger partial charge in [0.1, 0.15) is 0 Å². The molecular formula is C8H14O4. The van der Waals surface area contributed by atoms with Crippen LogP contribution in [0, 0.1) is 5.41 Å². The molecule has 4 heteroatoms. The van der Waals surface area contributed by atoms with Crippen molar-refractivity contribution >= 4 is 5.97 Å². The third kappa shape index (κ3) is 2.19. The summed E-state index contributed by atoms with van der Waals surface area (Å²) in [5, 5.41) is 17.6. The quantitative estimate of drug-likeness (QED) is 0.643. The van der Waals surface area contributed by atoms with Gasteiger partial charge in [-0.2, -0.15) is 0 Å². The second-order valence-corrected chi connectivity index (χ2v) is 3.38. The van der Waals surface area contributed by atoms with Crippen LogP contribution in [0.5, 0.6) is 0 Å². The van der Waals surface area contributed by atoms with E-state index in [4.69, 9.17) is 14.9 Å². The zero-order valence-electron chi connectivity index (χ0n) is 6.95. The van der Waals surface area contributed by atoms with Crippen molar-refractivity contribution in [3.63, 3.8) is 0 Å². The first-order valence-electron chi connectivity index (χ1n) is 4.09. The van der Waals surface area contributed by atoms with Gasteiger partial charge < -0.3 is 14.9 Å². The molecule has 0 spiro atoms. The van der Waals surface area contributed by atoms with Crippen LogP contribution in [-0.4, -0.2) is 36.0 Å². The van der Waals surface area contributed by atoms with Gasteiger partial charge in [0.05, 0.1) is 19.6 Å². The summed E-state index contributed by atoms with van der Waals surface area (Å²) in [5.41, 5.74) is -0.524. The first-order valence-corrected chi connectivity index (χ1v) is 4.09. The van der Waals surface area contributed by atoms with Crippen LogP contribution in [0.2, 0.25) is 0 Å². The molecule has 0 aromatic rings. The molecule has 1 aliphatic heterocycles. The molecule has 12 heavy (non-hydrogen) atoms. The number of rotatable bonds is 3. The van der Waals surface area contributed by atoms with Crippen molar-refractivity contribution < 1.29 is 19.7 Å². The predicted octanol–water partition coefficient (Wildman–Crippen LogP) is 0.250. The van der Waals surface area contributed by atoms with E-state index >= 15 is 0 Å². The summed E-state index contributed by atoms with van der Waals surface area (Å²) >= 11 is 0. The molecule has 1 heterocycles. The molecule has 0 radical (unpaired) electrons. The standard InChI is InChI=1S/C8H14O4/c9-5-8(4-7(10)11)2-1-3-12-6-8/h9H,1-6H2,(H,10,11). The minimum absolute atomic E-state index is 0.00347. The van der Waals surface area contributed by atoms with Crippen LogP contribution in [0.3, 0.4) is 0 Å². The number of aliphatic hydroxyl groups is 1. The molecule has 0 aromatic heterocycles. The Bertz CT molecular complexity index is 160. The maximum absolute atomic E-state index is 10.5. The van der Waals surface area contributed by atoms with Gasteiger partial charge in [0.15, 0.2) is 0 Å². The lowest BCUT2D eigenvalue weighted by Crippen LogP contribution is -2.37. The van der Waals surface area contributed by atoms with Gasteiger partial charge in [0.2, 0.25) is 0 Å². The lowest BCUT2D eigenvalue weighted by Gasteiger charge is -2.33. The maximum Gasteiger partial charge on any atom is 0.304 e. The molecule has 0 saturated carbocycles. The molecule has 1 fully saturated rings. The Labute approximate surface area is 71.2 Å². The molecule has 1 saturated heterocycles. The maximum atomic E-state index is 10.5. The van der Waals surface area contributed by atoms with Crippen LogP contribution in [0.15, 0.2) is 0 Å². The predicted molar refractivity (Wildman–Crippen MR) is 41.8 cm³/mol. The Morgan fingerprint density at radius 1 is 1.58 bits per heavy atom. The van der Waals surface area contributed by atoms with Crippen molar-refractivity contribution in [1.82, 2.24) is 0 Å². The molecule has 1 rings (SSSR count). The lowest BCUT2D eigenvalue weighted by molar-refractivity contribution is -0.144. The molecule has 70 valence electrons. The zero-order valence-corrected chi connectivity index (χ0v) is 6.95. The van der Waals surface area contributed by atoms with Crippen LogP contribution < -0.4 is 0 Å². The van der Waals surface area contributed by atoms with Gasteiger partial charge in [-0.3, -0.25) is 4.79 Å². The van der Waals surface area contributed by atoms with E-state index in [1.807, 2.05) is 0 Å². The number of carboxylic acid groups (broad SMARTS) is 1. The average Bonchev–Trinajstić information content (AvgIpc) is 2.05. The third-order valence-corrected chi connectivity index (χ3v) is 2.27. The minimum Gasteiger partial charge on any atom is -0.481 e. The highest BCUT2D eigenvalue weighted by Crippen LogP contribution is 2.31. The molecule has 1 unspecified atom stereocenters. The molecule has 2 N–H and O–H groups in total. The van der Waals surface area contributed by atoms with Crippen molar-refractivity contribution in [3.8, 4) is 0 Å². The molecule has 0 aliphatic carbocycles. The second kappa shape index (κ2) is 3.87. The van der Waals surface area contributed by atoms with Crippen molar-refractivity contribution in [3.05, 3.63) is 0 Å². The molecule has 1 aliphatic rings. The Balaban J connectivity index is 2.53. The number of carbonyl (C=O) groups is 1. The topological polar surface area (TPSA) is 66.8 Å². The Morgan fingerprint density at radius 2 is 2.33 bits per heavy atom. The van der Waals surface area contributed by atoms with Crippen molar-refractivity contribution in [1.29, 1.82) is 0 Å². The molecule has 0 amide bonds. The first kappa shape index (κ1) is 9.48. The monoisotopic (exact) mass is 174 g/mol. The lowest BCUT2D eigenvalue weighted by atomic mass is 9.80. The van der Waals surface area contributed by atoms with E-state index in [9.17, 15) is 4.79 Å². The Morgan fingerprint density at radius 3 is 2.75 bits per heavy atom. The highest BCUT2D eigenvalue weighted by Gasteiger charge is 2.34. The summed E-state index contributed by atoms with van der Waals surface area (Å²) < 4.78 is 5.15. The normalized spacial score (nSPS) is 30.1. The molecule has 0 bridgehead atoms. The summed E-state index contributed by atoms with van der Waals surface area (Å²) in [6.45, 7) is 0.955. The average molecular weight is 174 g/mol. The largest absolute Gasteiger partial charge is 0.481 e. The van der Waals surface area contributed by atoms with E-state index in [1.54, 1.807) is 0 Å². The number of aliphatic hydroxyl groups excluding tert-OH is 1. The summed E-state index contributed by atoms with van der Waals surface area (Å²) in [5.74, 6) is -0.866. The summed E-state index contributed by atoms with van der Waals surface area (Å²) in [6.07, 6.45) is 1.59. The Hall–Kier alpha value is -0.610. The van der Waals surface area contributed by atoms with E-state index in [-0.39, 0.29) is 13.0 Å². The fourth-order valence-corrected chi connectivity index (χ4v) is 1.55. The first-order chi connectivity index (χ1) is 5.68. The molecule has 1 atom stereocenters. The highest BCUT2D eigenvalue weighted by molar-refractivity contribution is 5.67. The summed E-state index contributed by atoms with van der Waals surface area (Å²) in [4.78, 5) is 10.5. The summed E-state index contributed by atoms with van der Waals surface area (Å²) in [6, 6.07) is 0. The fraction of sp³-hybridized carbons (Fsp3) is 0.875.